The van der Waals surface area contributed by atoms with Gasteiger partial charge in [0.05, 0.1) is 19.2 Å². The van der Waals surface area contributed by atoms with Gasteiger partial charge >= 0.3 is 0 Å². The molecule has 2 N–H and O–H groups in total. The van der Waals surface area contributed by atoms with E-state index in [-0.39, 0.29) is 18.2 Å². The fourth-order valence-electron chi connectivity index (χ4n) is 3.81. The second kappa shape index (κ2) is 9.61. The summed E-state index contributed by atoms with van der Waals surface area (Å²) in [7, 11) is 1.55. The SMILES string of the molecule is COc1ccccc1NC(=O)C1CC(=O)NC(N2CCN(Cc3ccccc3)CC2)=N1. The number of amides is 2. The fraction of sp³-hybridized carbons (Fsp3) is 0.348. The van der Waals surface area contributed by atoms with Gasteiger partial charge in [0.25, 0.3) is 0 Å². The van der Waals surface area contributed by atoms with Crippen molar-refractivity contribution < 1.29 is 14.3 Å². The Morgan fingerprint density at radius 3 is 2.55 bits per heavy atom. The molecule has 31 heavy (non-hydrogen) atoms. The Balaban J connectivity index is 1.38. The lowest BCUT2D eigenvalue weighted by Gasteiger charge is -2.37. The number of benzene rings is 2. The molecular formula is C23H27N5O3. The second-order valence-corrected chi connectivity index (χ2v) is 7.66. The number of carbonyl (C=O) groups is 2. The van der Waals surface area contributed by atoms with E-state index in [1.165, 1.54) is 5.56 Å². The van der Waals surface area contributed by atoms with Gasteiger partial charge in [-0.3, -0.25) is 19.8 Å². The largest absolute Gasteiger partial charge is 0.495 e. The molecule has 1 fully saturated rings. The van der Waals surface area contributed by atoms with Gasteiger partial charge in [0, 0.05) is 32.7 Å². The molecule has 8 nitrogen and oxygen atoms in total. The number of anilines is 1. The van der Waals surface area contributed by atoms with E-state index in [9.17, 15) is 9.59 Å². The first-order chi connectivity index (χ1) is 15.1. The van der Waals surface area contributed by atoms with Crippen molar-refractivity contribution in [3.05, 3.63) is 60.2 Å². The molecule has 1 atom stereocenters. The Kier molecular flexibility index (Phi) is 6.47. The maximum absolute atomic E-state index is 12.8. The van der Waals surface area contributed by atoms with Gasteiger partial charge in [0.1, 0.15) is 11.8 Å². The van der Waals surface area contributed by atoms with Crippen LogP contribution in [0.1, 0.15) is 12.0 Å². The first-order valence-corrected chi connectivity index (χ1v) is 10.4. The Morgan fingerprint density at radius 2 is 1.81 bits per heavy atom. The summed E-state index contributed by atoms with van der Waals surface area (Å²) in [5, 5.41) is 5.67. The van der Waals surface area contributed by atoms with Gasteiger partial charge in [0.2, 0.25) is 17.8 Å². The maximum Gasteiger partial charge on any atom is 0.249 e. The van der Waals surface area contributed by atoms with Crippen LogP contribution < -0.4 is 15.4 Å². The molecule has 162 valence electrons. The summed E-state index contributed by atoms with van der Waals surface area (Å²) >= 11 is 0. The predicted octanol–water partition coefficient (Wildman–Crippen LogP) is 1.70. The van der Waals surface area contributed by atoms with Gasteiger partial charge in [-0.2, -0.15) is 0 Å². The van der Waals surface area contributed by atoms with Crippen LogP contribution in [0.5, 0.6) is 5.75 Å². The zero-order valence-electron chi connectivity index (χ0n) is 17.6. The van der Waals surface area contributed by atoms with E-state index in [1.54, 1.807) is 19.2 Å². The molecule has 2 aromatic rings. The molecule has 0 spiro atoms. The lowest BCUT2D eigenvalue weighted by molar-refractivity contribution is -0.125. The number of nitrogens with zero attached hydrogens (tertiary/aromatic N) is 3. The van der Waals surface area contributed by atoms with Crippen molar-refractivity contribution >= 4 is 23.5 Å². The highest BCUT2D eigenvalue weighted by Gasteiger charge is 2.31. The zero-order chi connectivity index (χ0) is 21.6. The third kappa shape index (κ3) is 5.21. The first-order valence-electron chi connectivity index (χ1n) is 10.4. The van der Waals surface area contributed by atoms with Crippen LogP contribution >= 0.6 is 0 Å². The number of nitrogens with one attached hydrogen (secondary N) is 2. The fourth-order valence-corrected chi connectivity index (χ4v) is 3.81. The van der Waals surface area contributed by atoms with Crippen LogP contribution in [0.3, 0.4) is 0 Å². The molecule has 1 unspecified atom stereocenters. The standard InChI is InChI=1S/C23H27N5O3/c1-31-20-10-6-5-9-18(20)24-22(30)19-15-21(29)26-23(25-19)28-13-11-27(12-14-28)16-17-7-3-2-4-8-17/h2-10,19H,11-16H2,1H3,(H,24,30)(H,25,26,29). The lowest BCUT2D eigenvalue weighted by Crippen LogP contribution is -2.56. The van der Waals surface area contributed by atoms with E-state index in [0.717, 1.165) is 32.7 Å². The average molecular weight is 422 g/mol. The van der Waals surface area contributed by atoms with Crippen molar-refractivity contribution in [2.45, 2.75) is 19.0 Å². The Morgan fingerprint density at radius 1 is 1.10 bits per heavy atom. The van der Waals surface area contributed by atoms with E-state index >= 15 is 0 Å². The summed E-state index contributed by atoms with van der Waals surface area (Å²) in [6.07, 6.45) is 0.0262. The summed E-state index contributed by atoms with van der Waals surface area (Å²) in [6.45, 7) is 4.11. The minimum Gasteiger partial charge on any atom is -0.495 e. The quantitative estimate of drug-likeness (QED) is 0.768. The summed E-state index contributed by atoms with van der Waals surface area (Å²) in [6, 6.07) is 16.8. The number of carbonyl (C=O) groups excluding carboxylic acids is 2. The van der Waals surface area contributed by atoms with Crippen molar-refractivity contribution in [2.75, 3.05) is 38.6 Å². The maximum atomic E-state index is 12.8. The van der Waals surface area contributed by atoms with Crippen molar-refractivity contribution in [1.82, 2.24) is 15.1 Å². The van der Waals surface area contributed by atoms with Crippen LogP contribution in [-0.2, 0) is 16.1 Å². The molecule has 2 aliphatic rings. The van der Waals surface area contributed by atoms with Crippen molar-refractivity contribution in [1.29, 1.82) is 0 Å². The Bertz CT molecular complexity index is 955. The zero-order valence-corrected chi connectivity index (χ0v) is 17.6. The van der Waals surface area contributed by atoms with Gasteiger partial charge in [-0.05, 0) is 17.7 Å². The van der Waals surface area contributed by atoms with Crippen molar-refractivity contribution in [2.24, 2.45) is 4.99 Å². The van der Waals surface area contributed by atoms with Crippen LogP contribution in [0, 0.1) is 0 Å². The van der Waals surface area contributed by atoms with E-state index in [0.29, 0.717) is 17.4 Å². The van der Waals surface area contributed by atoms with Gasteiger partial charge in [-0.1, -0.05) is 42.5 Å². The topological polar surface area (TPSA) is 86.3 Å². The number of methoxy groups -OCH3 is 1. The molecule has 2 aromatic carbocycles. The number of rotatable bonds is 5. The predicted molar refractivity (Wildman–Crippen MR) is 119 cm³/mol. The molecule has 1 saturated heterocycles. The number of guanidine groups is 1. The number of piperazine rings is 1. The molecule has 2 aliphatic heterocycles. The number of aliphatic imine (C=N–C) groups is 1. The number of hydrogen-bond acceptors (Lipinski definition) is 6. The van der Waals surface area contributed by atoms with E-state index < -0.39 is 6.04 Å². The molecule has 0 radical (unpaired) electrons. The van der Waals surface area contributed by atoms with Crippen molar-refractivity contribution in [3.63, 3.8) is 0 Å². The Hall–Kier alpha value is -3.39. The number of hydrogen-bond donors (Lipinski definition) is 2. The van der Waals surface area contributed by atoms with Crippen LogP contribution in [0.2, 0.25) is 0 Å². The monoisotopic (exact) mass is 421 g/mol. The minimum absolute atomic E-state index is 0.0262. The third-order valence-corrected chi connectivity index (χ3v) is 5.50. The summed E-state index contributed by atoms with van der Waals surface area (Å²) in [4.78, 5) is 34.0. The van der Waals surface area contributed by atoms with Crippen LogP contribution in [-0.4, -0.2) is 66.9 Å². The summed E-state index contributed by atoms with van der Waals surface area (Å²) in [5.41, 5.74) is 1.85. The number of ether oxygens (including phenoxy) is 1. The molecule has 8 heteroatoms. The Labute approximate surface area is 181 Å². The molecule has 4 rings (SSSR count). The van der Waals surface area contributed by atoms with Crippen molar-refractivity contribution in [3.8, 4) is 5.75 Å². The van der Waals surface area contributed by atoms with Crippen LogP contribution in [0.15, 0.2) is 59.6 Å². The lowest BCUT2D eigenvalue weighted by atomic mass is 10.1. The molecule has 0 bridgehead atoms. The smallest absolute Gasteiger partial charge is 0.249 e. The van der Waals surface area contributed by atoms with Gasteiger partial charge in [-0.25, -0.2) is 4.99 Å². The normalized spacial score (nSPS) is 19.4. The van der Waals surface area contributed by atoms with Gasteiger partial charge in [-0.15, -0.1) is 0 Å². The van der Waals surface area contributed by atoms with Crippen LogP contribution in [0.4, 0.5) is 5.69 Å². The van der Waals surface area contributed by atoms with E-state index in [2.05, 4.69) is 32.7 Å². The average Bonchev–Trinajstić information content (AvgIpc) is 2.80. The van der Waals surface area contributed by atoms with E-state index in [4.69, 9.17) is 4.74 Å². The molecule has 0 aromatic heterocycles. The van der Waals surface area contributed by atoms with Crippen LogP contribution in [0.25, 0.3) is 0 Å². The highest BCUT2D eigenvalue weighted by atomic mass is 16.5. The first kappa shape index (κ1) is 20.9. The molecule has 2 heterocycles. The molecule has 0 aliphatic carbocycles. The van der Waals surface area contributed by atoms with Gasteiger partial charge < -0.3 is 15.0 Å². The molecule has 2 amide bonds. The third-order valence-electron chi connectivity index (χ3n) is 5.50. The summed E-state index contributed by atoms with van der Waals surface area (Å²) < 4.78 is 5.28. The molecule has 0 saturated carbocycles. The van der Waals surface area contributed by atoms with E-state index in [1.807, 2.05) is 35.2 Å². The summed E-state index contributed by atoms with van der Waals surface area (Å²) in [5.74, 6) is 0.530. The molecular weight excluding hydrogens is 394 g/mol. The minimum atomic E-state index is -0.768. The highest BCUT2D eigenvalue weighted by molar-refractivity contribution is 6.06. The highest BCUT2D eigenvalue weighted by Crippen LogP contribution is 2.24. The second-order valence-electron chi connectivity index (χ2n) is 7.66. The van der Waals surface area contributed by atoms with Gasteiger partial charge in [0.15, 0.2) is 0 Å². The number of para-hydroxylation sites is 2.